The predicted octanol–water partition coefficient (Wildman–Crippen LogP) is 3.28. The van der Waals surface area contributed by atoms with E-state index in [1.165, 1.54) is 17.4 Å². The molecule has 0 saturated heterocycles. The Morgan fingerprint density at radius 1 is 1.35 bits per heavy atom. The van der Waals surface area contributed by atoms with Gasteiger partial charge in [0, 0.05) is 16.4 Å². The van der Waals surface area contributed by atoms with Gasteiger partial charge in [0.25, 0.3) is 0 Å². The summed E-state index contributed by atoms with van der Waals surface area (Å²) in [7, 11) is -3.66. The zero-order valence-corrected chi connectivity index (χ0v) is 13.2. The second-order valence-electron chi connectivity index (χ2n) is 3.93. The lowest BCUT2D eigenvalue weighted by atomic mass is 10.3. The van der Waals surface area contributed by atoms with Gasteiger partial charge >= 0.3 is 0 Å². The first-order valence-corrected chi connectivity index (χ1v) is 8.71. The highest BCUT2D eigenvalue weighted by molar-refractivity contribution is 7.89. The lowest BCUT2D eigenvalue weighted by molar-refractivity contribution is 0.331. The van der Waals surface area contributed by atoms with Gasteiger partial charge in [0.05, 0.1) is 6.61 Å². The summed E-state index contributed by atoms with van der Waals surface area (Å²) in [5, 5.41) is 2.25. The largest absolute Gasteiger partial charge is 0.492 e. The second kappa shape index (κ2) is 6.58. The molecule has 1 N–H and O–H groups in total. The van der Waals surface area contributed by atoms with E-state index < -0.39 is 10.0 Å². The maximum absolute atomic E-state index is 12.3. The number of nitrogens with one attached hydrogen (secondary N) is 1. The monoisotopic (exact) mass is 331 g/mol. The smallest absolute Gasteiger partial charge is 0.244 e. The van der Waals surface area contributed by atoms with Crippen LogP contribution in [-0.2, 0) is 16.6 Å². The number of benzene rings is 1. The van der Waals surface area contributed by atoms with Crippen LogP contribution in [0.25, 0.3) is 0 Å². The van der Waals surface area contributed by atoms with E-state index in [1.54, 1.807) is 19.1 Å². The fraction of sp³-hybridized carbons (Fsp3) is 0.231. The molecule has 1 aromatic heterocycles. The molecule has 0 aliphatic carbocycles. The summed E-state index contributed by atoms with van der Waals surface area (Å²) >= 11 is 7.37. The Morgan fingerprint density at radius 3 is 2.80 bits per heavy atom. The summed E-state index contributed by atoms with van der Waals surface area (Å²) in [6.07, 6.45) is 0. The molecule has 0 atom stereocenters. The number of ether oxygens (including phenoxy) is 1. The van der Waals surface area contributed by atoms with Crippen LogP contribution in [0, 0.1) is 0 Å². The number of hydrogen-bond donors (Lipinski definition) is 1. The van der Waals surface area contributed by atoms with Crippen molar-refractivity contribution in [2.24, 2.45) is 0 Å². The number of sulfonamides is 1. The van der Waals surface area contributed by atoms with Crippen molar-refractivity contribution in [1.82, 2.24) is 4.72 Å². The molecule has 2 rings (SSSR count). The van der Waals surface area contributed by atoms with Crippen molar-refractivity contribution in [3.8, 4) is 5.75 Å². The van der Waals surface area contributed by atoms with Crippen molar-refractivity contribution in [3.63, 3.8) is 0 Å². The van der Waals surface area contributed by atoms with Crippen LogP contribution in [0.5, 0.6) is 5.75 Å². The molecule has 108 valence electrons. The van der Waals surface area contributed by atoms with Crippen LogP contribution < -0.4 is 9.46 Å². The minimum absolute atomic E-state index is 0.0587. The lowest BCUT2D eigenvalue weighted by Gasteiger charge is -2.11. The molecule has 2 aromatic rings. The lowest BCUT2D eigenvalue weighted by Crippen LogP contribution is -2.23. The zero-order valence-electron chi connectivity index (χ0n) is 10.8. The van der Waals surface area contributed by atoms with Crippen molar-refractivity contribution in [2.45, 2.75) is 18.4 Å². The molecule has 0 aliphatic heterocycles. The summed E-state index contributed by atoms with van der Waals surface area (Å²) < 4.78 is 32.5. The molecule has 1 heterocycles. The Kier molecular flexibility index (Phi) is 5.04. The van der Waals surface area contributed by atoms with Crippen LogP contribution in [-0.4, -0.2) is 15.0 Å². The van der Waals surface area contributed by atoms with E-state index >= 15 is 0 Å². The van der Waals surface area contributed by atoms with Crippen LogP contribution in [0.2, 0.25) is 5.02 Å². The Balaban J connectivity index is 2.26. The van der Waals surface area contributed by atoms with Gasteiger partial charge in [0.1, 0.15) is 10.6 Å². The molecule has 0 bridgehead atoms. The molecule has 0 spiro atoms. The highest BCUT2D eigenvalue weighted by Crippen LogP contribution is 2.27. The van der Waals surface area contributed by atoms with Gasteiger partial charge in [-0.1, -0.05) is 17.7 Å². The topological polar surface area (TPSA) is 55.4 Å². The fourth-order valence-electron chi connectivity index (χ4n) is 1.62. The van der Waals surface area contributed by atoms with Gasteiger partial charge in [-0.15, -0.1) is 11.3 Å². The van der Waals surface area contributed by atoms with E-state index in [-0.39, 0.29) is 11.4 Å². The maximum Gasteiger partial charge on any atom is 0.244 e. The van der Waals surface area contributed by atoms with Crippen LogP contribution in [0.15, 0.2) is 40.6 Å². The van der Waals surface area contributed by atoms with Crippen molar-refractivity contribution in [3.05, 3.63) is 45.6 Å². The molecule has 7 heteroatoms. The summed E-state index contributed by atoms with van der Waals surface area (Å²) in [5.41, 5.74) is 0. The average Bonchev–Trinajstić information content (AvgIpc) is 2.92. The van der Waals surface area contributed by atoms with Crippen LogP contribution in [0.1, 0.15) is 11.8 Å². The molecule has 0 amide bonds. The highest BCUT2D eigenvalue weighted by atomic mass is 35.5. The number of hydrogen-bond acceptors (Lipinski definition) is 4. The Hall–Kier alpha value is -1.08. The molecule has 0 radical (unpaired) electrons. The SMILES string of the molecule is CCOc1ccc(Cl)cc1S(=O)(=O)NCc1cccs1. The average molecular weight is 332 g/mol. The highest BCUT2D eigenvalue weighted by Gasteiger charge is 2.20. The summed E-state index contributed by atoms with van der Waals surface area (Å²) in [6.45, 7) is 2.43. The number of halogens is 1. The zero-order chi connectivity index (χ0) is 14.6. The van der Waals surface area contributed by atoms with E-state index in [4.69, 9.17) is 16.3 Å². The summed E-state index contributed by atoms with van der Waals surface area (Å²) in [6, 6.07) is 8.30. The van der Waals surface area contributed by atoms with Crippen molar-refractivity contribution < 1.29 is 13.2 Å². The van der Waals surface area contributed by atoms with E-state index in [9.17, 15) is 8.42 Å². The Bertz CT molecular complexity index is 669. The van der Waals surface area contributed by atoms with Gasteiger partial charge in [0.15, 0.2) is 0 Å². The standard InChI is InChI=1S/C13H14ClNO3S2/c1-2-18-12-6-5-10(14)8-13(12)20(16,17)15-9-11-4-3-7-19-11/h3-8,15H,2,9H2,1H3. The normalized spacial score (nSPS) is 11.5. The molecule has 0 saturated carbocycles. The van der Waals surface area contributed by atoms with Crippen LogP contribution >= 0.6 is 22.9 Å². The summed E-state index contributed by atoms with van der Waals surface area (Å²) in [4.78, 5) is 0.997. The molecule has 0 aliphatic rings. The molecule has 4 nitrogen and oxygen atoms in total. The molecular weight excluding hydrogens is 318 g/mol. The van der Waals surface area contributed by atoms with E-state index in [2.05, 4.69) is 4.72 Å². The van der Waals surface area contributed by atoms with Gasteiger partial charge in [0.2, 0.25) is 10.0 Å². The van der Waals surface area contributed by atoms with E-state index in [1.807, 2.05) is 17.5 Å². The number of thiophene rings is 1. The van der Waals surface area contributed by atoms with Crippen LogP contribution in [0.4, 0.5) is 0 Å². The van der Waals surface area contributed by atoms with E-state index in [0.29, 0.717) is 17.4 Å². The number of rotatable bonds is 6. The second-order valence-corrected chi connectivity index (χ2v) is 7.13. The molecule has 0 fully saturated rings. The van der Waals surface area contributed by atoms with Crippen molar-refractivity contribution in [1.29, 1.82) is 0 Å². The molecule has 1 aromatic carbocycles. The van der Waals surface area contributed by atoms with Crippen LogP contribution in [0.3, 0.4) is 0 Å². The van der Waals surface area contributed by atoms with Crippen molar-refractivity contribution >= 4 is 33.0 Å². The van der Waals surface area contributed by atoms with Gasteiger partial charge < -0.3 is 4.74 Å². The van der Waals surface area contributed by atoms with Gasteiger partial charge in [-0.2, -0.15) is 0 Å². The van der Waals surface area contributed by atoms with E-state index in [0.717, 1.165) is 4.88 Å². The van der Waals surface area contributed by atoms with Crippen molar-refractivity contribution in [2.75, 3.05) is 6.61 Å². The quantitative estimate of drug-likeness (QED) is 0.883. The first-order valence-electron chi connectivity index (χ1n) is 5.97. The van der Waals surface area contributed by atoms with Gasteiger partial charge in [-0.3, -0.25) is 0 Å². The minimum Gasteiger partial charge on any atom is -0.492 e. The Morgan fingerprint density at radius 2 is 2.15 bits per heavy atom. The molecule has 0 unspecified atom stereocenters. The fourth-order valence-corrected chi connectivity index (χ4v) is 3.77. The minimum atomic E-state index is -3.66. The Labute approximate surface area is 127 Å². The first kappa shape index (κ1) is 15.3. The predicted molar refractivity (Wildman–Crippen MR) is 81.0 cm³/mol. The third-order valence-electron chi connectivity index (χ3n) is 2.51. The molecular formula is C13H14ClNO3S2. The van der Waals surface area contributed by atoms with Gasteiger partial charge in [-0.05, 0) is 36.6 Å². The maximum atomic E-state index is 12.3. The molecule has 20 heavy (non-hydrogen) atoms. The third kappa shape index (κ3) is 3.73. The first-order chi connectivity index (χ1) is 9.53. The third-order valence-corrected chi connectivity index (χ3v) is 5.05. The summed E-state index contributed by atoms with van der Waals surface area (Å²) in [5.74, 6) is 0.301. The van der Waals surface area contributed by atoms with Gasteiger partial charge in [-0.25, -0.2) is 13.1 Å².